The van der Waals surface area contributed by atoms with Crippen LogP contribution >= 0.6 is 23.4 Å². The van der Waals surface area contributed by atoms with E-state index < -0.39 is 5.97 Å². The minimum Gasteiger partial charge on any atom is -0.455 e. The van der Waals surface area contributed by atoms with Crippen molar-refractivity contribution in [3.63, 3.8) is 0 Å². The zero-order chi connectivity index (χ0) is 17.6. The topological polar surface area (TPSA) is 46.6 Å². The van der Waals surface area contributed by atoms with E-state index in [2.05, 4.69) is 0 Å². The molecule has 1 amide bonds. The van der Waals surface area contributed by atoms with Gasteiger partial charge in [-0.15, -0.1) is 11.8 Å². The Morgan fingerprint density at radius 3 is 2.72 bits per heavy atom. The Kier molecular flexibility index (Phi) is 6.00. The van der Waals surface area contributed by atoms with Gasteiger partial charge in [0.05, 0.1) is 10.8 Å². The number of thioether (sulfide) groups is 1. The number of aryl methyl sites for hydroxylation is 1. The highest BCUT2D eigenvalue weighted by Gasteiger charge is 2.23. The molecule has 6 heteroatoms. The number of anilines is 1. The van der Waals surface area contributed by atoms with Gasteiger partial charge >= 0.3 is 5.97 Å². The van der Waals surface area contributed by atoms with Gasteiger partial charge in [-0.25, -0.2) is 0 Å². The molecule has 0 bridgehead atoms. The number of nitrogens with zero attached hydrogens (tertiary/aromatic N) is 1. The molecule has 0 saturated heterocycles. The third-order valence-corrected chi connectivity index (χ3v) is 5.44. The average molecular weight is 376 g/mol. The van der Waals surface area contributed by atoms with Crippen molar-refractivity contribution in [2.24, 2.45) is 0 Å². The van der Waals surface area contributed by atoms with Crippen LogP contribution in [0.4, 0.5) is 5.69 Å². The summed E-state index contributed by atoms with van der Waals surface area (Å²) in [7, 11) is 0. The maximum Gasteiger partial charge on any atom is 0.316 e. The molecule has 0 unspecified atom stereocenters. The third-order valence-electron chi connectivity index (χ3n) is 3.95. The quantitative estimate of drug-likeness (QED) is 0.586. The Balaban J connectivity index is 1.51. The van der Waals surface area contributed by atoms with Crippen molar-refractivity contribution in [2.45, 2.75) is 17.7 Å². The van der Waals surface area contributed by atoms with E-state index in [-0.39, 0.29) is 18.3 Å². The van der Waals surface area contributed by atoms with Crippen LogP contribution in [0, 0.1) is 0 Å². The highest BCUT2D eigenvalue weighted by molar-refractivity contribution is 8.00. The fraction of sp³-hybridized carbons (Fsp3) is 0.263. The Morgan fingerprint density at radius 1 is 1.12 bits per heavy atom. The fourth-order valence-electron chi connectivity index (χ4n) is 2.75. The standard InChI is InChI=1S/C19H18ClNO3S/c20-15-8-2-4-10-17(15)25-13-19(23)24-12-18(22)21-11-5-7-14-6-1-3-9-16(14)21/h1-4,6,8-10H,5,7,11-13H2. The molecule has 0 atom stereocenters. The molecule has 1 aliphatic heterocycles. The molecular formula is C19H18ClNO3S. The van der Waals surface area contributed by atoms with Gasteiger partial charge in [0, 0.05) is 17.1 Å². The van der Waals surface area contributed by atoms with Crippen molar-refractivity contribution in [3.8, 4) is 0 Å². The van der Waals surface area contributed by atoms with E-state index in [9.17, 15) is 9.59 Å². The van der Waals surface area contributed by atoms with Crippen LogP contribution in [0.2, 0.25) is 5.02 Å². The number of carbonyl (C=O) groups excluding carboxylic acids is 2. The fourth-order valence-corrected chi connectivity index (χ4v) is 3.79. The maximum absolute atomic E-state index is 12.4. The predicted octanol–water partition coefficient (Wildman–Crippen LogP) is 3.95. The first-order valence-corrected chi connectivity index (χ1v) is 9.43. The number of halogens is 1. The van der Waals surface area contributed by atoms with Crippen molar-refractivity contribution in [1.29, 1.82) is 0 Å². The number of benzene rings is 2. The van der Waals surface area contributed by atoms with Gasteiger partial charge in [-0.3, -0.25) is 9.59 Å². The molecule has 0 N–H and O–H groups in total. The first-order valence-electron chi connectivity index (χ1n) is 8.06. The van der Waals surface area contributed by atoms with Gasteiger partial charge in [-0.2, -0.15) is 0 Å². The number of fused-ring (bicyclic) bond motifs is 1. The minimum atomic E-state index is -0.427. The van der Waals surface area contributed by atoms with Gasteiger partial charge in [0.25, 0.3) is 5.91 Å². The van der Waals surface area contributed by atoms with Crippen molar-refractivity contribution >= 4 is 40.9 Å². The Morgan fingerprint density at radius 2 is 1.88 bits per heavy atom. The summed E-state index contributed by atoms with van der Waals surface area (Å²) in [6, 6.07) is 15.2. The summed E-state index contributed by atoms with van der Waals surface area (Å²) < 4.78 is 5.14. The van der Waals surface area contributed by atoms with E-state index in [0.29, 0.717) is 11.6 Å². The molecular weight excluding hydrogens is 358 g/mol. The number of ether oxygens (including phenoxy) is 1. The van der Waals surface area contributed by atoms with Crippen LogP contribution in [-0.4, -0.2) is 30.8 Å². The number of esters is 1. The molecule has 0 fully saturated rings. The number of rotatable bonds is 5. The van der Waals surface area contributed by atoms with Gasteiger partial charge < -0.3 is 9.64 Å². The smallest absolute Gasteiger partial charge is 0.316 e. The number of hydrogen-bond acceptors (Lipinski definition) is 4. The highest BCUT2D eigenvalue weighted by Crippen LogP contribution is 2.27. The van der Waals surface area contributed by atoms with Crippen molar-refractivity contribution in [2.75, 3.05) is 23.8 Å². The molecule has 2 aromatic rings. The van der Waals surface area contributed by atoms with Crippen LogP contribution < -0.4 is 4.90 Å². The normalized spacial score (nSPS) is 13.2. The lowest BCUT2D eigenvalue weighted by molar-refractivity contribution is -0.145. The summed E-state index contributed by atoms with van der Waals surface area (Å²) >= 11 is 7.35. The molecule has 1 heterocycles. The Labute approximate surface area is 156 Å². The number of para-hydroxylation sites is 1. The second-order valence-electron chi connectivity index (χ2n) is 5.66. The lowest BCUT2D eigenvalue weighted by Gasteiger charge is -2.29. The first-order chi connectivity index (χ1) is 12.1. The van der Waals surface area contributed by atoms with Gasteiger partial charge in [-0.05, 0) is 36.6 Å². The van der Waals surface area contributed by atoms with Crippen molar-refractivity contribution in [1.82, 2.24) is 0 Å². The largest absolute Gasteiger partial charge is 0.455 e. The second kappa shape index (κ2) is 8.41. The Bertz CT molecular complexity index is 781. The highest BCUT2D eigenvalue weighted by atomic mass is 35.5. The van der Waals surface area contributed by atoms with E-state index in [1.54, 1.807) is 11.0 Å². The summed E-state index contributed by atoms with van der Waals surface area (Å²) in [4.78, 5) is 26.8. The van der Waals surface area contributed by atoms with Crippen LogP contribution in [0.5, 0.6) is 0 Å². The van der Waals surface area contributed by atoms with Crippen LogP contribution in [0.3, 0.4) is 0 Å². The molecule has 25 heavy (non-hydrogen) atoms. The molecule has 0 aromatic heterocycles. The number of hydrogen-bond donors (Lipinski definition) is 0. The molecule has 0 radical (unpaired) electrons. The SMILES string of the molecule is O=C(CSc1ccccc1Cl)OCC(=O)N1CCCc2ccccc21. The number of amides is 1. The van der Waals surface area contributed by atoms with Gasteiger partial charge in [0.1, 0.15) is 0 Å². The zero-order valence-electron chi connectivity index (χ0n) is 13.6. The van der Waals surface area contributed by atoms with E-state index in [1.165, 1.54) is 11.8 Å². The van der Waals surface area contributed by atoms with Crippen LogP contribution in [0.15, 0.2) is 53.4 Å². The molecule has 2 aromatic carbocycles. The van der Waals surface area contributed by atoms with E-state index in [1.807, 2.05) is 42.5 Å². The van der Waals surface area contributed by atoms with Gasteiger partial charge in [-0.1, -0.05) is 41.9 Å². The first kappa shape index (κ1) is 17.8. The summed E-state index contributed by atoms with van der Waals surface area (Å²) in [5, 5.41) is 0.598. The van der Waals surface area contributed by atoms with Crippen molar-refractivity contribution < 1.29 is 14.3 Å². The van der Waals surface area contributed by atoms with E-state index in [0.717, 1.165) is 29.0 Å². The van der Waals surface area contributed by atoms with Gasteiger partial charge in [0.15, 0.2) is 6.61 Å². The minimum absolute atomic E-state index is 0.119. The maximum atomic E-state index is 12.4. The lowest BCUT2D eigenvalue weighted by atomic mass is 10.0. The molecule has 130 valence electrons. The monoisotopic (exact) mass is 375 g/mol. The molecule has 0 saturated carbocycles. The molecule has 1 aliphatic rings. The zero-order valence-corrected chi connectivity index (χ0v) is 15.2. The van der Waals surface area contributed by atoms with E-state index in [4.69, 9.17) is 16.3 Å². The molecule has 3 rings (SSSR count). The summed E-state index contributed by atoms with van der Waals surface area (Å²) in [5.74, 6) is -0.500. The second-order valence-corrected chi connectivity index (χ2v) is 7.08. The summed E-state index contributed by atoms with van der Waals surface area (Å²) in [6.07, 6.45) is 1.88. The van der Waals surface area contributed by atoms with Crippen LogP contribution in [-0.2, 0) is 20.7 Å². The Hall–Kier alpha value is -1.98. The van der Waals surface area contributed by atoms with E-state index >= 15 is 0 Å². The molecule has 0 spiro atoms. The lowest BCUT2D eigenvalue weighted by Crippen LogP contribution is -2.38. The summed E-state index contributed by atoms with van der Waals surface area (Å²) in [6.45, 7) is 0.415. The van der Waals surface area contributed by atoms with Gasteiger partial charge in [0.2, 0.25) is 0 Å². The molecule has 0 aliphatic carbocycles. The summed E-state index contributed by atoms with van der Waals surface area (Å²) in [5.41, 5.74) is 2.07. The number of carbonyl (C=O) groups is 2. The average Bonchev–Trinajstić information content (AvgIpc) is 2.65. The van der Waals surface area contributed by atoms with Crippen LogP contribution in [0.1, 0.15) is 12.0 Å². The third kappa shape index (κ3) is 4.55. The predicted molar refractivity (Wildman–Crippen MR) is 100 cm³/mol. The van der Waals surface area contributed by atoms with Crippen LogP contribution in [0.25, 0.3) is 0 Å². The van der Waals surface area contributed by atoms with Crippen molar-refractivity contribution in [3.05, 3.63) is 59.1 Å². The molecule has 4 nitrogen and oxygen atoms in total.